The molecule has 0 fully saturated rings. The predicted octanol–water partition coefficient (Wildman–Crippen LogP) is 1.36. The minimum Gasteiger partial charge on any atom is -0.372 e. The molecule has 0 atom stereocenters. The molecule has 4 heteroatoms. The number of hydrogen-bond donors (Lipinski definition) is 1. The quantitative estimate of drug-likeness (QED) is 0.779. The Morgan fingerprint density at radius 3 is 3.06 bits per heavy atom. The molecule has 0 saturated heterocycles. The summed E-state index contributed by atoms with van der Waals surface area (Å²) in [5, 5.41) is 0.964. The molecule has 0 bridgehead atoms. The van der Waals surface area contributed by atoms with Gasteiger partial charge in [-0.05, 0) is 23.8 Å². The summed E-state index contributed by atoms with van der Waals surface area (Å²) < 4.78 is 5.37. The lowest BCUT2D eigenvalue weighted by Crippen LogP contribution is -2.10. The summed E-state index contributed by atoms with van der Waals surface area (Å²) in [6, 6.07) is 5.30. The second kappa shape index (κ2) is 3.28. The second-order valence-electron chi connectivity index (χ2n) is 3.85. The van der Waals surface area contributed by atoms with Gasteiger partial charge in [0.15, 0.2) is 0 Å². The van der Waals surface area contributed by atoms with Crippen molar-refractivity contribution in [3.63, 3.8) is 0 Å². The Morgan fingerprint density at radius 2 is 2.25 bits per heavy atom. The summed E-state index contributed by atoms with van der Waals surface area (Å²) in [6.45, 7) is 1.18. The summed E-state index contributed by atoms with van der Waals surface area (Å²) in [6.07, 6.45) is 1.83. The second-order valence-corrected chi connectivity index (χ2v) is 3.85. The molecular formula is C12H10N2O2. The minimum atomic E-state index is -0.418. The largest absolute Gasteiger partial charge is 0.372 e. The lowest BCUT2D eigenvalue weighted by molar-refractivity contribution is 0.100. The standard InChI is InChI=1S/C12H10N2O2/c13-12(15)7-1-2-11-9(3-7)10-6-16-5-8(10)4-14-11/h1-4H,5-6H2,(H2,13,15). The molecule has 80 valence electrons. The van der Waals surface area contributed by atoms with Crippen LogP contribution in [0.15, 0.2) is 24.4 Å². The highest BCUT2D eigenvalue weighted by atomic mass is 16.5. The number of aromatic nitrogens is 1. The van der Waals surface area contributed by atoms with Gasteiger partial charge in [0.05, 0.1) is 18.7 Å². The molecule has 3 rings (SSSR count). The van der Waals surface area contributed by atoms with Crippen molar-refractivity contribution in [3.8, 4) is 0 Å². The number of amides is 1. The fourth-order valence-electron chi connectivity index (χ4n) is 2.00. The lowest BCUT2D eigenvalue weighted by Gasteiger charge is -2.04. The van der Waals surface area contributed by atoms with Gasteiger partial charge in [-0.2, -0.15) is 0 Å². The number of rotatable bonds is 1. The highest BCUT2D eigenvalue weighted by molar-refractivity contribution is 5.97. The number of primary amides is 1. The minimum absolute atomic E-state index is 0.418. The van der Waals surface area contributed by atoms with E-state index < -0.39 is 5.91 Å². The SMILES string of the molecule is NC(=O)c1ccc2ncc3c(c2c1)COC3. The molecule has 1 amide bonds. The van der Waals surface area contributed by atoms with Crippen molar-refractivity contribution in [2.75, 3.05) is 0 Å². The van der Waals surface area contributed by atoms with Crippen LogP contribution >= 0.6 is 0 Å². The van der Waals surface area contributed by atoms with E-state index in [0.29, 0.717) is 18.8 Å². The summed E-state index contributed by atoms with van der Waals surface area (Å²) in [5.41, 5.74) is 8.85. The molecule has 1 aromatic carbocycles. The predicted molar refractivity (Wildman–Crippen MR) is 58.8 cm³/mol. The molecule has 0 aliphatic carbocycles. The molecule has 0 saturated carbocycles. The highest BCUT2D eigenvalue weighted by Gasteiger charge is 2.15. The maximum Gasteiger partial charge on any atom is 0.248 e. The summed E-state index contributed by atoms with van der Waals surface area (Å²) in [7, 11) is 0. The van der Waals surface area contributed by atoms with Gasteiger partial charge < -0.3 is 10.5 Å². The Hall–Kier alpha value is -1.94. The average Bonchev–Trinajstić information content (AvgIpc) is 2.76. The molecule has 0 radical (unpaired) electrons. The van der Waals surface area contributed by atoms with Gasteiger partial charge in [0, 0.05) is 22.7 Å². The van der Waals surface area contributed by atoms with Gasteiger partial charge in [-0.3, -0.25) is 9.78 Å². The molecule has 2 N–H and O–H groups in total. The molecular weight excluding hydrogens is 204 g/mol. The van der Waals surface area contributed by atoms with E-state index in [4.69, 9.17) is 10.5 Å². The van der Waals surface area contributed by atoms with E-state index in [2.05, 4.69) is 4.98 Å². The van der Waals surface area contributed by atoms with E-state index in [1.165, 1.54) is 0 Å². The van der Waals surface area contributed by atoms with Crippen molar-refractivity contribution in [1.82, 2.24) is 4.98 Å². The molecule has 0 spiro atoms. The Labute approximate surface area is 92.0 Å². The normalized spacial score (nSPS) is 14.0. The highest BCUT2D eigenvalue weighted by Crippen LogP contribution is 2.27. The van der Waals surface area contributed by atoms with E-state index in [1.807, 2.05) is 12.3 Å². The fraction of sp³-hybridized carbons (Fsp3) is 0.167. The number of benzene rings is 1. The van der Waals surface area contributed by atoms with E-state index in [1.54, 1.807) is 12.1 Å². The number of hydrogen-bond acceptors (Lipinski definition) is 3. The van der Waals surface area contributed by atoms with Crippen LogP contribution in [0.5, 0.6) is 0 Å². The van der Waals surface area contributed by atoms with Crippen LogP contribution in [0.2, 0.25) is 0 Å². The first-order chi connectivity index (χ1) is 7.75. The molecule has 1 aromatic heterocycles. The van der Waals surface area contributed by atoms with Crippen LogP contribution in [0.3, 0.4) is 0 Å². The molecule has 2 heterocycles. The zero-order valence-electron chi connectivity index (χ0n) is 8.56. The first-order valence-electron chi connectivity index (χ1n) is 5.04. The van der Waals surface area contributed by atoms with Crippen LogP contribution in [0.4, 0.5) is 0 Å². The number of carbonyl (C=O) groups is 1. The molecule has 0 unspecified atom stereocenters. The first kappa shape index (κ1) is 9.30. The maximum atomic E-state index is 11.1. The summed E-state index contributed by atoms with van der Waals surface area (Å²) in [5.74, 6) is -0.418. The topological polar surface area (TPSA) is 65.2 Å². The number of fused-ring (bicyclic) bond motifs is 3. The fourth-order valence-corrected chi connectivity index (χ4v) is 2.00. The average molecular weight is 214 g/mol. The van der Waals surface area contributed by atoms with Crippen LogP contribution in [0.1, 0.15) is 21.5 Å². The summed E-state index contributed by atoms with van der Waals surface area (Å²) in [4.78, 5) is 15.4. The Morgan fingerprint density at radius 1 is 1.38 bits per heavy atom. The number of pyridine rings is 1. The van der Waals surface area contributed by atoms with Crippen LogP contribution in [-0.2, 0) is 18.0 Å². The van der Waals surface area contributed by atoms with E-state index in [0.717, 1.165) is 22.0 Å². The summed E-state index contributed by atoms with van der Waals surface area (Å²) >= 11 is 0. The van der Waals surface area contributed by atoms with Crippen LogP contribution < -0.4 is 5.73 Å². The van der Waals surface area contributed by atoms with Gasteiger partial charge in [-0.15, -0.1) is 0 Å². The molecule has 16 heavy (non-hydrogen) atoms. The first-order valence-corrected chi connectivity index (χ1v) is 5.04. The van der Waals surface area contributed by atoms with Gasteiger partial charge in [0.2, 0.25) is 5.91 Å². The molecule has 1 aliphatic heterocycles. The van der Waals surface area contributed by atoms with E-state index >= 15 is 0 Å². The Kier molecular flexibility index (Phi) is 1.91. The van der Waals surface area contributed by atoms with Crippen molar-refractivity contribution in [2.24, 2.45) is 5.73 Å². The molecule has 1 aliphatic rings. The zero-order chi connectivity index (χ0) is 11.1. The van der Waals surface area contributed by atoms with Crippen molar-refractivity contribution in [1.29, 1.82) is 0 Å². The Bertz CT molecular complexity index is 593. The van der Waals surface area contributed by atoms with Crippen LogP contribution in [-0.4, -0.2) is 10.9 Å². The van der Waals surface area contributed by atoms with E-state index in [-0.39, 0.29) is 0 Å². The van der Waals surface area contributed by atoms with Crippen molar-refractivity contribution in [3.05, 3.63) is 41.1 Å². The van der Waals surface area contributed by atoms with Gasteiger partial charge in [0.25, 0.3) is 0 Å². The van der Waals surface area contributed by atoms with Crippen molar-refractivity contribution >= 4 is 16.8 Å². The maximum absolute atomic E-state index is 11.1. The van der Waals surface area contributed by atoms with Crippen molar-refractivity contribution < 1.29 is 9.53 Å². The molecule has 2 aromatic rings. The number of carbonyl (C=O) groups excluding carboxylic acids is 1. The smallest absolute Gasteiger partial charge is 0.248 e. The van der Waals surface area contributed by atoms with Gasteiger partial charge in [-0.1, -0.05) is 0 Å². The monoisotopic (exact) mass is 214 g/mol. The van der Waals surface area contributed by atoms with Gasteiger partial charge >= 0.3 is 0 Å². The number of nitrogens with two attached hydrogens (primary N) is 1. The van der Waals surface area contributed by atoms with Gasteiger partial charge in [0.1, 0.15) is 0 Å². The molecule has 4 nitrogen and oxygen atoms in total. The third-order valence-electron chi connectivity index (χ3n) is 2.86. The van der Waals surface area contributed by atoms with Crippen LogP contribution in [0, 0.1) is 0 Å². The lowest BCUT2D eigenvalue weighted by atomic mass is 10.0. The van der Waals surface area contributed by atoms with Gasteiger partial charge in [-0.25, -0.2) is 0 Å². The van der Waals surface area contributed by atoms with E-state index in [9.17, 15) is 4.79 Å². The van der Waals surface area contributed by atoms with Crippen molar-refractivity contribution in [2.45, 2.75) is 13.2 Å². The Balaban J connectivity index is 2.32. The van der Waals surface area contributed by atoms with Crippen LogP contribution in [0.25, 0.3) is 10.9 Å². The zero-order valence-corrected chi connectivity index (χ0v) is 8.56. The number of ether oxygens (including phenoxy) is 1. The third kappa shape index (κ3) is 1.27. The number of nitrogens with zero attached hydrogens (tertiary/aromatic N) is 1. The third-order valence-corrected chi connectivity index (χ3v) is 2.86.